The first-order chi connectivity index (χ1) is 40.4. The van der Waals surface area contributed by atoms with Gasteiger partial charge in [-0.2, -0.15) is 0 Å². The molecule has 0 saturated heterocycles. The van der Waals surface area contributed by atoms with E-state index >= 15 is 0 Å². The molecule has 0 bridgehead atoms. The zero-order valence-electron chi connectivity index (χ0n) is 54.2. The van der Waals surface area contributed by atoms with Crippen LogP contribution in [0.15, 0.2) is 0 Å². The minimum atomic E-state index is -4.95. The average Bonchev–Trinajstić information content (AvgIpc) is 3.65. The number of hydrogen-bond donors (Lipinski definition) is 3. The van der Waals surface area contributed by atoms with Gasteiger partial charge in [0.25, 0.3) is 0 Å². The van der Waals surface area contributed by atoms with E-state index in [1.54, 1.807) is 0 Å². The summed E-state index contributed by atoms with van der Waals surface area (Å²) in [5, 5.41) is 10.5. The van der Waals surface area contributed by atoms with Gasteiger partial charge in [0.05, 0.1) is 26.4 Å². The van der Waals surface area contributed by atoms with E-state index in [1.165, 1.54) is 128 Å². The maximum Gasteiger partial charge on any atom is 0.472 e. The summed E-state index contributed by atoms with van der Waals surface area (Å²) in [4.78, 5) is 72.1. The Morgan fingerprint density at radius 2 is 0.548 bits per heavy atom. The molecular weight excluding hydrogens is 1110 g/mol. The molecule has 0 aliphatic carbocycles. The van der Waals surface area contributed by atoms with Crippen molar-refractivity contribution < 1.29 is 80.2 Å². The molecule has 5 atom stereocenters. The summed E-state index contributed by atoms with van der Waals surface area (Å²) in [5.41, 5.74) is 0. The molecule has 0 amide bonds. The summed E-state index contributed by atoms with van der Waals surface area (Å²) >= 11 is 0. The first-order valence-corrected chi connectivity index (χ1v) is 37.0. The normalized spacial score (nSPS) is 14.3. The lowest BCUT2D eigenvalue weighted by molar-refractivity contribution is -0.161. The van der Waals surface area contributed by atoms with Crippen LogP contribution in [0.3, 0.4) is 0 Å². The number of phosphoric acid groups is 2. The molecule has 498 valence electrons. The zero-order chi connectivity index (χ0) is 62.2. The lowest BCUT2D eigenvalue weighted by atomic mass is 10.0. The van der Waals surface area contributed by atoms with E-state index < -0.39 is 97.5 Å². The maximum atomic E-state index is 13.0. The van der Waals surface area contributed by atoms with E-state index in [4.69, 9.17) is 37.0 Å². The molecule has 0 fully saturated rings. The van der Waals surface area contributed by atoms with E-state index in [0.29, 0.717) is 25.7 Å². The molecule has 0 aromatic carbocycles. The molecular formula is C65H126O17P2. The van der Waals surface area contributed by atoms with Gasteiger partial charge in [-0.3, -0.25) is 37.3 Å². The third kappa shape index (κ3) is 59.0. The minimum absolute atomic E-state index is 0.106. The predicted octanol–water partition coefficient (Wildman–Crippen LogP) is 18.0. The van der Waals surface area contributed by atoms with Crippen molar-refractivity contribution in [3.63, 3.8) is 0 Å². The van der Waals surface area contributed by atoms with Gasteiger partial charge in [0, 0.05) is 25.7 Å². The number of rotatable bonds is 64. The summed E-state index contributed by atoms with van der Waals surface area (Å²) in [6, 6.07) is 0. The largest absolute Gasteiger partial charge is 0.472 e. The van der Waals surface area contributed by atoms with Gasteiger partial charge in [0.15, 0.2) is 12.2 Å². The monoisotopic (exact) mass is 1240 g/mol. The molecule has 84 heavy (non-hydrogen) atoms. The number of esters is 4. The van der Waals surface area contributed by atoms with Crippen molar-refractivity contribution in [1.29, 1.82) is 0 Å². The van der Waals surface area contributed by atoms with Gasteiger partial charge in [0.2, 0.25) is 0 Å². The summed E-state index contributed by atoms with van der Waals surface area (Å²) in [6.07, 6.45) is 40.4. The van der Waals surface area contributed by atoms with Gasteiger partial charge in [-0.05, 0) is 37.5 Å². The molecule has 3 N–H and O–H groups in total. The molecule has 0 aliphatic heterocycles. The maximum absolute atomic E-state index is 13.0. The summed E-state index contributed by atoms with van der Waals surface area (Å²) in [7, 11) is -9.88. The topological polar surface area (TPSA) is 237 Å². The van der Waals surface area contributed by atoms with Gasteiger partial charge >= 0.3 is 39.5 Å². The van der Waals surface area contributed by atoms with Crippen molar-refractivity contribution in [2.75, 3.05) is 39.6 Å². The molecule has 0 heterocycles. The average molecular weight is 1240 g/mol. The van der Waals surface area contributed by atoms with E-state index in [0.717, 1.165) is 115 Å². The number of hydrogen-bond acceptors (Lipinski definition) is 15. The van der Waals surface area contributed by atoms with Crippen molar-refractivity contribution in [3.8, 4) is 0 Å². The molecule has 0 aromatic heterocycles. The molecule has 0 rings (SSSR count). The van der Waals surface area contributed by atoms with Gasteiger partial charge in [-0.25, -0.2) is 9.13 Å². The lowest BCUT2D eigenvalue weighted by Gasteiger charge is -2.21. The number of phosphoric ester groups is 2. The highest BCUT2D eigenvalue weighted by Crippen LogP contribution is 2.45. The van der Waals surface area contributed by atoms with Crippen molar-refractivity contribution in [2.24, 2.45) is 11.8 Å². The molecule has 19 heteroatoms. The fourth-order valence-corrected chi connectivity index (χ4v) is 11.3. The second-order valence-electron chi connectivity index (χ2n) is 24.5. The van der Waals surface area contributed by atoms with Crippen molar-refractivity contribution in [1.82, 2.24) is 0 Å². The quantitative estimate of drug-likeness (QED) is 0.0222. The van der Waals surface area contributed by atoms with Crippen LogP contribution in [0.2, 0.25) is 0 Å². The standard InChI is InChI=1S/C65H126O17P2/c1-7-9-11-13-15-16-23-31-37-43-49-64(69)81-60(53-75-62(67)47-41-35-27-14-12-10-8-2)55-79-83(71,72)77-51-59(66)52-78-84(73,74)80-56-61(54-76-63(68)48-42-36-30-26-25-29-34-40-46-58(5)6)82-65(70)50-44-38-32-24-21-19-17-18-20-22-28-33-39-45-57(3)4/h57-61,66H,7-56H2,1-6H3,(H,71,72)(H,73,74)/t59-,60+,61+/m0/s1. The fourth-order valence-electron chi connectivity index (χ4n) is 9.71. The Hall–Kier alpha value is -1.94. The first kappa shape index (κ1) is 82.1. The second kappa shape index (κ2) is 57.5. The summed E-state index contributed by atoms with van der Waals surface area (Å²) in [6.45, 7) is 9.44. The van der Waals surface area contributed by atoms with Crippen LogP contribution >= 0.6 is 15.6 Å². The number of unbranched alkanes of at least 4 members (excludes halogenated alkanes) is 34. The van der Waals surface area contributed by atoms with Crippen LogP contribution in [0.4, 0.5) is 0 Å². The van der Waals surface area contributed by atoms with Crippen LogP contribution in [0.5, 0.6) is 0 Å². The van der Waals surface area contributed by atoms with Crippen LogP contribution in [0, 0.1) is 11.8 Å². The molecule has 0 aliphatic rings. The van der Waals surface area contributed by atoms with Crippen LogP contribution in [-0.4, -0.2) is 96.7 Å². The number of carbonyl (C=O) groups is 4. The van der Waals surface area contributed by atoms with Gasteiger partial charge in [0.1, 0.15) is 19.3 Å². The Kier molecular flexibility index (Phi) is 56.2. The van der Waals surface area contributed by atoms with Crippen LogP contribution in [-0.2, 0) is 65.4 Å². The smallest absolute Gasteiger partial charge is 0.462 e. The van der Waals surface area contributed by atoms with E-state index in [-0.39, 0.29) is 25.7 Å². The fraction of sp³-hybridized carbons (Fsp3) is 0.938. The Labute approximate surface area is 511 Å². The Morgan fingerprint density at radius 3 is 0.810 bits per heavy atom. The minimum Gasteiger partial charge on any atom is -0.462 e. The van der Waals surface area contributed by atoms with Crippen molar-refractivity contribution >= 4 is 39.5 Å². The molecule has 0 spiro atoms. The number of ether oxygens (including phenoxy) is 4. The van der Waals surface area contributed by atoms with Crippen LogP contribution < -0.4 is 0 Å². The van der Waals surface area contributed by atoms with E-state index in [2.05, 4.69) is 41.5 Å². The molecule has 2 unspecified atom stereocenters. The van der Waals surface area contributed by atoms with Crippen molar-refractivity contribution in [2.45, 2.75) is 342 Å². The highest BCUT2D eigenvalue weighted by Gasteiger charge is 2.30. The zero-order valence-corrected chi connectivity index (χ0v) is 56.0. The molecule has 0 radical (unpaired) electrons. The van der Waals surface area contributed by atoms with E-state index in [9.17, 15) is 43.2 Å². The molecule has 0 aromatic rings. The second-order valence-corrected chi connectivity index (χ2v) is 27.4. The van der Waals surface area contributed by atoms with Gasteiger partial charge in [-0.15, -0.1) is 0 Å². The first-order valence-electron chi connectivity index (χ1n) is 34.0. The molecule has 0 saturated carbocycles. The predicted molar refractivity (Wildman–Crippen MR) is 335 cm³/mol. The Bertz CT molecular complexity index is 1650. The van der Waals surface area contributed by atoms with Crippen LogP contribution in [0.25, 0.3) is 0 Å². The Balaban J connectivity index is 5.20. The Morgan fingerprint density at radius 1 is 0.321 bits per heavy atom. The van der Waals surface area contributed by atoms with E-state index in [1.807, 2.05) is 0 Å². The van der Waals surface area contributed by atoms with Crippen LogP contribution in [0.1, 0.15) is 324 Å². The third-order valence-corrected chi connectivity index (χ3v) is 16.9. The van der Waals surface area contributed by atoms with Crippen molar-refractivity contribution in [3.05, 3.63) is 0 Å². The number of carbonyl (C=O) groups excluding carboxylic acids is 4. The summed E-state index contributed by atoms with van der Waals surface area (Å²) < 4.78 is 67.9. The summed E-state index contributed by atoms with van der Waals surface area (Å²) in [5.74, 6) is -0.624. The highest BCUT2D eigenvalue weighted by molar-refractivity contribution is 7.47. The SMILES string of the molecule is CCCCCCCCCCCCC(=O)O[C@H](COC(=O)CCCCCCCCC)COP(=O)(O)OC[C@H](O)COP(=O)(O)OC[C@@H](COC(=O)CCCCCCCCCCC(C)C)OC(=O)CCCCCCCCCCCCCCCC(C)C. The number of aliphatic hydroxyl groups is 1. The highest BCUT2D eigenvalue weighted by atomic mass is 31.2. The third-order valence-electron chi connectivity index (χ3n) is 15.0. The van der Waals surface area contributed by atoms with Gasteiger partial charge < -0.3 is 33.8 Å². The lowest BCUT2D eigenvalue weighted by Crippen LogP contribution is -2.30. The number of aliphatic hydroxyl groups excluding tert-OH is 1. The van der Waals surface area contributed by atoms with Gasteiger partial charge in [-0.1, -0.05) is 273 Å². The molecule has 17 nitrogen and oxygen atoms in total.